The van der Waals surface area contributed by atoms with Gasteiger partial charge in [-0.25, -0.2) is 0 Å². The summed E-state index contributed by atoms with van der Waals surface area (Å²) < 4.78 is 0. The number of nitrogens with zero attached hydrogens (tertiary/aromatic N) is 1. The maximum Gasteiger partial charge on any atom is 0.304 e. The van der Waals surface area contributed by atoms with Crippen molar-refractivity contribution in [3.8, 4) is 0 Å². The first-order valence-electron chi connectivity index (χ1n) is 5.07. The van der Waals surface area contributed by atoms with Crippen LogP contribution in [-0.2, 0) is 4.79 Å². The molecule has 78 valence electrons. The number of hydrogen-bond acceptors (Lipinski definition) is 2. The van der Waals surface area contributed by atoms with Gasteiger partial charge in [0.05, 0.1) is 6.42 Å². The normalized spacial score (nSPS) is 13.2. The van der Waals surface area contributed by atoms with Crippen molar-refractivity contribution in [1.82, 2.24) is 4.90 Å². The highest BCUT2D eigenvalue weighted by molar-refractivity contribution is 5.66. The van der Waals surface area contributed by atoms with Crippen molar-refractivity contribution < 1.29 is 9.90 Å². The number of carbonyl (C=O) groups is 1. The first kappa shape index (κ1) is 12.4. The van der Waals surface area contributed by atoms with Crippen molar-refractivity contribution in [2.75, 3.05) is 13.1 Å². The zero-order valence-corrected chi connectivity index (χ0v) is 8.92. The zero-order valence-electron chi connectivity index (χ0n) is 8.92. The average molecular weight is 187 g/mol. The molecule has 0 radical (unpaired) electrons. The molecule has 0 aromatic rings. The van der Waals surface area contributed by atoms with Gasteiger partial charge in [-0.3, -0.25) is 4.79 Å². The van der Waals surface area contributed by atoms with Crippen LogP contribution in [0, 0.1) is 0 Å². The summed E-state index contributed by atoms with van der Waals surface area (Å²) in [5.41, 5.74) is 0. The Morgan fingerprint density at radius 2 is 2.08 bits per heavy atom. The summed E-state index contributed by atoms with van der Waals surface area (Å²) in [6.45, 7) is 8.01. The quantitative estimate of drug-likeness (QED) is 0.662. The minimum atomic E-state index is -0.706. The van der Waals surface area contributed by atoms with Crippen molar-refractivity contribution >= 4 is 5.97 Å². The number of carboxylic acids is 1. The highest BCUT2D eigenvalue weighted by Crippen LogP contribution is 2.06. The van der Waals surface area contributed by atoms with E-state index in [0.717, 1.165) is 19.4 Å². The van der Waals surface area contributed by atoms with Gasteiger partial charge >= 0.3 is 5.97 Å². The first-order chi connectivity index (χ1) is 6.11. The van der Waals surface area contributed by atoms with E-state index in [1.165, 1.54) is 0 Å². The van der Waals surface area contributed by atoms with E-state index in [2.05, 4.69) is 25.7 Å². The summed E-state index contributed by atoms with van der Waals surface area (Å²) in [6.07, 6.45) is 2.56. The van der Waals surface area contributed by atoms with Gasteiger partial charge in [0.2, 0.25) is 0 Å². The zero-order chi connectivity index (χ0) is 10.3. The van der Waals surface area contributed by atoms with Gasteiger partial charge in [-0.2, -0.15) is 0 Å². The van der Waals surface area contributed by atoms with Crippen LogP contribution in [0.25, 0.3) is 0 Å². The molecule has 0 fully saturated rings. The third-order valence-corrected chi connectivity index (χ3v) is 2.35. The van der Waals surface area contributed by atoms with E-state index in [-0.39, 0.29) is 6.42 Å². The first-order valence-corrected chi connectivity index (χ1v) is 5.07. The molecule has 0 aromatic heterocycles. The minimum absolute atomic E-state index is 0.252. The summed E-state index contributed by atoms with van der Waals surface area (Å²) >= 11 is 0. The molecule has 0 saturated heterocycles. The van der Waals surface area contributed by atoms with E-state index in [1.807, 2.05) is 0 Å². The van der Waals surface area contributed by atoms with Gasteiger partial charge in [0, 0.05) is 12.6 Å². The van der Waals surface area contributed by atoms with E-state index in [0.29, 0.717) is 12.6 Å². The highest BCUT2D eigenvalue weighted by atomic mass is 16.4. The summed E-state index contributed by atoms with van der Waals surface area (Å²) in [6, 6.07) is 0.509. The van der Waals surface area contributed by atoms with Crippen LogP contribution in [0.4, 0.5) is 0 Å². The maximum absolute atomic E-state index is 10.4. The predicted octanol–water partition coefficient (Wildman–Crippen LogP) is 1.97. The largest absolute Gasteiger partial charge is 0.481 e. The molecule has 0 spiro atoms. The topological polar surface area (TPSA) is 40.5 Å². The Kier molecular flexibility index (Phi) is 6.59. The SMILES string of the molecule is CCCC(C)N(CC)CCC(=O)O. The molecule has 0 bridgehead atoms. The van der Waals surface area contributed by atoms with Gasteiger partial charge in [-0.15, -0.1) is 0 Å². The Balaban J connectivity index is 3.79. The standard InChI is InChI=1S/C10H21NO2/c1-4-6-9(3)11(5-2)8-7-10(12)13/h9H,4-8H2,1-3H3,(H,12,13). The van der Waals surface area contributed by atoms with Crippen molar-refractivity contribution in [1.29, 1.82) is 0 Å². The van der Waals surface area contributed by atoms with E-state index in [4.69, 9.17) is 5.11 Å². The minimum Gasteiger partial charge on any atom is -0.481 e. The molecular formula is C10H21NO2. The van der Waals surface area contributed by atoms with Crippen LogP contribution in [0.2, 0.25) is 0 Å². The number of rotatable bonds is 7. The third-order valence-electron chi connectivity index (χ3n) is 2.35. The number of carboxylic acid groups (broad SMARTS) is 1. The van der Waals surface area contributed by atoms with Gasteiger partial charge in [-0.1, -0.05) is 20.3 Å². The fraction of sp³-hybridized carbons (Fsp3) is 0.900. The second-order valence-electron chi connectivity index (χ2n) is 3.41. The average Bonchev–Trinajstić information content (AvgIpc) is 2.05. The lowest BCUT2D eigenvalue weighted by Gasteiger charge is -2.26. The van der Waals surface area contributed by atoms with Crippen molar-refractivity contribution in [3.05, 3.63) is 0 Å². The molecule has 0 aromatic carbocycles. The summed E-state index contributed by atoms with van der Waals surface area (Å²) in [5.74, 6) is -0.706. The van der Waals surface area contributed by atoms with Crippen LogP contribution in [0.5, 0.6) is 0 Å². The Bertz CT molecular complexity index is 148. The summed E-state index contributed by atoms with van der Waals surface area (Å²) in [4.78, 5) is 12.6. The van der Waals surface area contributed by atoms with Crippen LogP contribution in [0.15, 0.2) is 0 Å². The summed E-state index contributed by atoms with van der Waals surface area (Å²) in [5, 5.41) is 8.54. The Labute approximate surface area is 80.7 Å². The molecule has 0 aliphatic rings. The van der Waals surface area contributed by atoms with Crippen LogP contribution in [0.1, 0.15) is 40.0 Å². The Morgan fingerprint density at radius 1 is 1.46 bits per heavy atom. The smallest absolute Gasteiger partial charge is 0.304 e. The monoisotopic (exact) mass is 187 g/mol. The lowest BCUT2D eigenvalue weighted by molar-refractivity contribution is -0.137. The predicted molar refractivity (Wildman–Crippen MR) is 53.9 cm³/mol. The highest BCUT2D eigenvalue weighted by Gasteiger charge is 2.11. The molecular weight excluding hydrogens is 166 g/mol. The van der Waals surface area contributed by atoms with Crippen molar-refractivity contribution in [2.24, 2.45) is 0 Å². The summed E-state index contributed by atoms with van der Waals surface area (Å²) in [7, 11) is 0. The van der Waals surface area contributed by atoms with Gasteiger partial charge in [0.1, 0.15) is 0 Å². The van der Waals surface area contributed by atoms with Crippen molar-refractivity contribution in [3.63, 3.8) is 0 Å². The lowest BCUT2D eigenvalue weighted by atomic mass is 10.1. The molecule has 3 nitrogen and oxygen atoms in total. The van der Waals surface area contributed by atoms with Crippen molar-refractivity contribution in [2.45, 2.75) is 46.1 Å². The van der Waals surface area contributed by atoms with Crippen LogP contribution < -0.4 is 0 Å². The molecule has 0 aliphatic heterocycles. The third kappa shape index (κ3) is 5.64. The Morgan fingerprint density at radius 3 is 2.46 bits per heavy atom. The van der Waals surface area contributed by atoms with E-state index < -0.39 is 5.97 Å². The van der Waals surface area contributed by atoms with Gasteiger partial charge in [-0.05, 0) is 19.9 Å². The van der Waals surface area contributed by atoms with Gasteiger partial charge in [0.25, 0.3) is 0 Å². The number of aliphatic carboxylic acids is 1. The number of hydrogen-bond donors (Lipinski definition) is 1. The lowest BCUT2D eigenvalue weighted by Crippen LogP contribution is -2.34. The molecule has 1 unspecified atom stereocenters. The molecule has 1 atom stereocenters. The molecule has 13 heavy (non-hydrogen) atoms. The molecule has 3 heteroatoms. The van der Waals surface area contributed by atoms with E-state index >= 15 is 0 Å². The van der Waals surface area contributed by atoms with Crippen LogP contribution in [0.3, 0.4) is 0 Å². The van der Waals surface area contributed by atoms with E-state index in [1.54, 1.807) is 0 Å². The van der Waals surface area contributed by atoms with Crippen LogP contribution in [-0.4, -0.2) is 35.1 Å². The second kappa shape index (κ2) is 6.89. The van der Waals surface area contributed by atoms with Gasteiger partial charge < -0.3 is 10.0 Å². The molecule has 0 amide bonds. The Hall–Kier alpha value is -0.570. The second-order valence-corrected chi connectivity index (χ2v) is 3.41. The van der Waals surface area contributed by atoms with Crippen LogP contribution >= 0.6 is 0 Å². The fourth-order valence-electron chi connectivity index (χ4n) is 1.53. The molecule has 0 heterocycles. The molecule has 1 N–H and O–H groups in total. The molecule has 0 rings (SSSR count). The maximum atomic E-state index is 10.4. The molecule has 0 aliphatic carbocycles. The van der Waals surface area contributed by atoms with Gasteiger partial charge in [0.15, 0.2) is 0 Å². The van der Waals surface area contributed by atoms with E-state index in [9.17, 15) is 4.79 Å². The molecule has 0 saturated carbocycles. The fourth-order valence-corrected chi connectivity index (χ4v) is 1.53.